The Hall–Kier alpha value is -3.04. The van der Waals surface area contributed by atoms with Gasteiger partial charge in [0, 0.05) is 4.88 Å². The van der Waals surface area contributed by atoms with Gasteiger partial charge in [0.1, 0.15) is 10.6 Å². The molecule has 0 spiro atoms. The van der Waals surface area contributed by atoms with E-state index < -0.39 is 16.0 Å². The lowest BCUT2D eigenvalue weighted by atomic mass is 10.1. The molecule has 2 aromatic carbocycles. The van der Waals surface area contributed by atoms with Crippen LogP contribution in [0, 0.1) is 11.8 Å². The van der Waals surface area contributed by atoms with Gasteiger partial charge in [-0.3, -0.25) is 4.72 Å². The van der Waals surface area contributed by atoms with E-state index in [0.29, 0.717) is 16.0 Å². The van der Waals surface area contributed by atoms with Crippen molar-refractivity contribution in [3.8, 4) is 10.4 Å². The van der Waals surface area contributed by atoms with Crippen LogP contribution in [-0.2, 0) is 10.0 Å². The number of rotatable bonds is 6. The van der Waals surface area contributed by atoms with E-state index in [0.717, 1.165) is 11.3 Å². The lowest BCUT2D eigenvalue weighted by Gasteiger charge is -2.09. The fourth-order valence-corrected chi connectivity index (χ4v) is 4.84. The number of nitrogens with one attached hydrogen (secondary N) is 1. The van der Waals surface area contributed by atoms with Crippen LogP contribution < -0.4 is 4.72 Å². The molecule has 2 N–H and O–H groups in total. The molecule has 3 aromatic rings. The highest BCUT2D eigenvalue weighted by molar-refractivity contribution is 7.92. The SMILES string of the molecule is Cc1ccccc1S(=O)(=O)Nc1cc(-c2ccc(N=O)cc2)sc1C(=O)O. The van der Waals surface area contributed by atoms with Gasteiger partial charge in [0.25, 0.3) is 10.0 Å². The number of carboxylic acid groups (broad SMARTS) is 1. The molecule has 0 unspecified atom stereocenters. The fraction of sp³-hybridized carbons (Fsp3) is 0.0556. The van der Waals surface area contributed by atoms with Crippen LogP contribution in [0.1, 0.15) is 15.2 Å². The number of nitroso groups, excluding NO2 is 1. The van der Waals surface area contributed by atoms with E-state index in [4.69, 9.17) is 0 Å². The first-order valence-electron chi connectivity index (χ1n) is 7.71. The third-order valence-electron chi connectivity index (χ3n) is 3.81. The number of hydrogen-bond donors (Lipinski definition) is 2. The predicted octanol–water partition coefficient (Wildman–Crippen LogP) is 4.62. The van der Waals surface area contributed by atoms with Crippen LogP contribution in [0.15, 0.2) is 64.7 Å². The van der Waals surface area contributed by atoms with E-state index in [2.05, 4.69) is 9.90 Å². The molecule has 0 radical (unpaired) electrons. The van der Waals surface area contributed by atoms with Crippen molar-refractivity contribution in [2.45, 2.75) is 11.8 Å². The van der Waals surface area contributed by atoms with Crippen molar-refractivity contribution in [1.82, 2.24) is 0 Å². The number of benzene rings is 2. The van der Waals surface area contributed by atoms with Crippen LogP contribution in [0.2, 0.25) is 0 Å². The number of aryl methyl sites for hydroxylation is 1. The Morgan fingerprint density at radius 1 is 1.11 bits per heavy atom. The van der Waals surface area contributed by atoms with Crippen molar-refractivity contribution >= 4 is 38.7 Å². The molecule has 0 atom stereocenters. The van der Waals surface area contributed by atoms with Crippen molar-refractivity contribution in [2.24, 2.45) is 5.18 Å². The molecule has 0 aliphatic rings. The van der Waals surface area contributed by atoms with E-state index in [1.54, 1.807) is 37.3 Å². The lowest BCUT2D eigenvalue weighted by Crippen LogP contribution is -2.15. The Kier molecular flexibility index (Phi) is 5.06. The Morgan fingerprint density at radius 2 is 1.78 bits per heavy atom. The summed E-state index contributed by atoms with van der Waals surface area (Å²) in [6.45, 7) is 1.66. The molecule has 0 bridgehead atoms. The summed E-state index contributed by atoms with van der Waals surface area (Å²) in [4.78, 5) is 22.6. The Morgan fingerprint density at radius 3 is 2.37 bits per heavy atom. The number of nitrogens with zero attached hydrogens (tertiary/aromatic N) is 1. The first-order valence-corrected chi connectivity index (χ1v) is 10.0. The van der Waals surface area contributed by atoms with Gasteiger partial charge in [-0.1, -0.05) is 30.3 Å². The van der Waals surface area contributed by atoms with Gasteiger partial charge in [0.2, 0.25) is 0 Å². The summed E-state index contributed by atoms with van der Waals surface area (Å²) in [5, 5.41) is 12.3. The number of aromatic carboxylic acids is 1. The minimum Gasteiger partial charge on any atom is -0.477 e. The van der Waals surface area contributed by atoms with Gasteiger partial charge in [0.15, 0.2) is 0 Å². The second-order valence-electron chi connectivity index (χ2n) is 5.67. The van der Waals surface area contributed by atoms with Gasteiger partial charge in [-0.25, -0.2) is 13.2 Å². The smallest absolute Gasteiger partial charge is 0.348 e. The summed E-state index contributed by atoms with van der Waals surface area (Å²) < 4.78 is 27.7. The molecule has 3 rings (SSSR count). The summed E-state index contributed by atoms with van der Waals surface area (Å²) in [6.07, 6.45) is 0. The molecular formula is C18H14N2O5S2. The molecule has 0 saturated heterocycles. The van der Waals surface area contributed by atoms with Gasteiger partial charge in [-0.2, -0.15) is 0 Å². The van der Waals surface area contributed by atoms with Gasteiger partial charge in [0.05, 0.1) is 10.6 Å². The maximum Gasteiger partial charge on any atom is 0.348 e. The van der Waals surface area contributed by atoms with Crippen molar-refractivity contribution in [3.05, 3.63) is 69.9 Å². The zero-order valence-corrected chi connectivity index (χ0v) is 15.7. The summed E-state index contributed by atoms with van der Waals surface area (Å²) in [5.41, 5.74) is 1.43. The van der Waals surface area contributed by atoms with E-state index in [1.807, 2.05) is 0 Å². The molecule has 27 heavy (non-hydrogen) atoms. The fourth-order valence-electron chi connectivity index (χ4n) is 2.51. The second kappa shape index (κ2) is 7.29. The van der Waals surface area contributed by atoms with Gasteiger partial charge >= 0.3 is 5.97 Å². The van der Waals surface area contributed by atoms with Crippen LogP contribution in [0.3, 0.4) is 0 Å². The number of carbonyl (C=O) groups is 1. The first kappa shape index (κ1) is 18.7. The average Bonchev–Trinajstić information content (AvgIpc) is 3.05. The van der Waals surface area contributed by atoms with E-state index in [-0.39, 0.29) is 21.1 Å². The van der Waals surface area contributed by atoms with Crippen molar-refractivity contribution < 1.29 is 18.3 Å². The molecule has 1 aromatic heterocycles. The zero-order chi connectivity index (χ0) is 19.6. The maximum absolute atomic E-state index is 12.7. The van der Waals surface area contributed by atoms with Crippen LogP contribution in [0.4, 0.5) is 11.4 Å². The van der Waals surface area contributed by atoms with Gasteiger partial charge < -0.3 is 5.11 Å². The van der Waals surface area contributed by atoms with E-state index in [1.165, 1.54) is 24.3 Å². The van der Waals surface area contributed by atoms with Crippen LogP contribution >= 0.6 is 11.3 Å². The van der Waals surface area contributed by atoms with Crippen molar-refractivity contribution in [2.75, 3.05) is 4.72 Å². The first-order chi connectivity index (χ1) is 12.8. The maximum atomic E-state index is 12.7. The Labute approximate surface area is 159 Å². The van der Waals surface area contributed by atoms with Gasteiger partial charge in [-0.15, -0.1) is 16.2 Å². The molecule has 138 valence electrons. The van der Waals surface area contributed by atoms with Crippen LogP contribution in [0.25, 0.3) is 10.4 Å². The molecular weight excluding hydrogens is 388 g/mol. The number of thiophene rings is 1. The number of hydrogen-bond acceptors (Lipinski definition) is 6. The topological polar surface area (TPSA) is 113 Å². The summed E-state index contributed by atoms with van der Waals surface area (Å²) in [6, 6.07) is 14.1. The van der Waals surface area contributed by atoms with Crippen LogP contribution in [-0.4, -0.2) is 19.5 Å². The Bertz CT molecular complexity index is 1120. The van der Waals surface area contributed by atoms with Crippen molar-refractivity contribution in [1.29, 1.82) is 0 Å². The standard InChI is InChI=1S/C18H14N2O5S2/c1-11-4-2-3-5-16(11)27(24,25)20-14-10-15(26-17(14)18(21)22)12-6-8-13(19-23)9-7-12/h2-10,20H,1H3,(H,21,22). The van der Waals surface area contributed by atoms with Gasteiger partial charge in [-0.05, 0) is 47.5 Å². The normalized spacial score (nSPS) is 11.1. The Balaban J connectivity index is 2.02. The largest absolute Gasteiger partial charge is 0.477 e. The molecule has 1 heterocycles. The zero-order valence-electron chi connectivity index (χ0n) is 14.0. The predicted molar refractivity (Wildman–Crippen MR) is 104 cm³/mol. The van der Waals surface area contributed by atoms with E-state index in [9.17, 15) is 23.2 Å². The number of carboxylic acids is 1. The summed E-state index contributed by atoms with van der Waals surface area (Å²) >= 11 is 0.939. The third kappa shape index (κ3) is 3.88. The second-order valence-corrected chi connectivity index (χ2v) is 8.37. The number of sulfonamides is 1. The highest BCUT2D eigenvalue weighted by Crippen LogP contribution is 2.36. The minimum atomic E-state index is -3.94. The molecule has 7 nitrogen and oxygen atoms in total. The average molecular weight is 402 g/mol. The molecule has 0 saturated carbocycles. The molecule has 0 aliphatic carbocycles. The molecule has 0 aliphatic heterocycles. The highest BCUT2D eigenvalue weighted by atomic mass is 32.2. The minimum absolute atomic E-state index is 0.0108. The lowest BCUT2D eigenvalue weighted by molar-refractivity contribution is 0.0703. The van der Waals surface area contributed by atoms with Crippen molar-refractivity contribution in [3.63, 3.8) is 0 Å². The molecule has 0 fully saturated rings. The third-order valence-corrected chi connectivity index (χ3v) is 6.51. The van der Waals surface area contributed by atoms with E-state index >= 15 is 0 Å². The molecule has 0 amide bonds. The molecule has 9 heteroatoms. The summed E-state index contributed by atoms with van der Waals surface area (Å²) in [5.74, 6) is -1.24. The quantitative estimate of drug-likeness (QED) is 0.584. The highest BCUT2D eigenvalue weighted by Gasteiger charge is 2.23. The number of anilines is 1. The summed E-state index contributed by atoms with van der Waals surface area (Å²) in [7, 11) is -3.94. The monoisotopic (exact) mass is 402 g/mol. The van der Waals surface area contributed by atoms with Crippen LogP contribution in [0.5, 0.6) is 0 Å².